The largest absolute Gasteiger partial charge is 0.467 e. The molecule has 1 aromatic rings. The summed E-state index contributed by atoms with van der Waals surface area (Å²) in [7, 11) is 2.98. The molecule has 1 aromatic carbocycles. The highest BCUT2D eigenvalue weighted by atomic mass is 16.5. The van der Waals surface area contributed by atoms with E-state index in [9.17, 15) is 14.4 Å². The van der Waals surface area contributed by atoms with Gasteiger partial charge in [-0.2, -0.15) is 0 Å². The summed E-state index contributed by atoms with van der Waals surface area (Å²) in [6.45, 7) is 7.86. The van der Waals surface area contributed by atoms with Crippen molar-refractivity contribution in [2.24, 2.45) is 5.92 Å². The lowest BCUT2D eigenvalue weighted by Gasteiger charge is -2.21. The van der Waals surface area contributed by atoms with Crippen LogP contribution < -0.4 is 10.6 Å². The van der Waals surface area contributed by atoms with Gasteiger partial charge in [0.25, 0.3) is 0 Å². The lowest BCUT2D eigenvalue weighted by atomic mass is 10.0. The smallest absolute Gasteiger partial charge is 0.328 e. The molecule has 27 heavy (non-hydrogen) atoms. The number of nitrogens with one attached hydrogen (secondary N) is 2. The number of hydrogen-bond donors (Lipinski definition) is 2. The highest BCUT2D eigenvalue weighted by molar-refractivity contribution is 5.94. The molecule has 0 unspecified atom stereocenters. The second-order valence-electron chi connectivity index (χ2n) is 7.26. The van der Waals surface area contributed by atoms with E-state index in [0.717, 1.165) is 16.8 Å². The number of para-hydroxylation sites is 1. The van der Waals surface area contributed by atoms with E-state index in [1.165, 1.54) is 7.11 Å². The number of aryl methyl sites for hydroxylation is 2. The Balaban J connectivity index is 2.57. The minimum Gasteiger partial charge on any atom is -0.467 e. The zero-order chi connectivity index (χ0) is 20.6. The molecule has 0 heterocycles. The second kappa shape index (κ2) is 10.7. The second-order valence-corrected chi connectivity index (χ2v) is 7.26. The van der Waals surface area contributed by atoms with Crippen LogP contribution in [0.4, 0.5) is 5.69 Å². The zero-order valence-corrected chi connectivity index (χ0v) is 17.1. The van der Waals surface area contributed by atoms with Crippen LogP contribution in [0.25, 0.3) is 0 Å². The summed E-state index contributed by atoms with van der Waals surface area (Å²) in [5.74, 6) is -0.759. The minimum absolute atomic E-state index is 0.00572. The van der Waals surface area contributed by atoms with Crippen molar-refractivity contribution in [3.8, 4) is 0 Å². The Morgan fingerprint density at radius 2 is 1.63 bits per heavy atom. The molecule has 7 heteroatoms. The van der Waals surface area contributed by atoms with Gasteiger partial charge in [0.1, 0.15) is 6.04 Å². The van der Waals surface area contributed by atoms with Gasteiger partial charge in [0.05, 0.1) is 20.2 Å². The lowest BCUT2D eigenvalue weighted by molar-refractivity contribution is -0.145. The molecule has 0 saturated carbocycles. The molecule has 1 atom stereocenters. The van der Waals surface area contributed by atoms with Crippen LogP contribution in [-0.4, -0.2) is 56.0 Å². The summed E-state index contributed by atoms with van der Waals surface area (Å²) in [5, 5.41) is 5.57. The number of ether oxygens (including phenoxy) is 1. The third-order valence-corrected chi connectivity index (χ3v) is 4.10. The average molecular weight is 377 g/mol. The Bertz CT molecular complexity index is 653. The van der Waals surface area contributed by atoms with Crippen molar-refractivity contribution in [3.63, 3.8) is 0 Å². The van der Waals surface area contributed by atoms with Crippen molar-refractivity contribution in [2.45, 2.75) is 40.2 Å². The Labute approximate surface area is 161 Å². The summed E-state index contributed by atoms with van der Waals surface area (Å²) in [6.07, 6.45) is 0.495. The lowest BCUT2D eigenvalue weighted by Crippen LogP contribution is -2.46. The maximum absolute atomic E-state index is 12.3. The van der Waals surface area contributed by atoms with Crippen molar-refractivity contribution in [1.82, 2.24) is 10.2 Å². The highest BCUT2D eigenvalue weighted by Gasteiger charge is 2.23. The number of nitrogens with zero attached hydrogens (tertiary/aromatic N) is 1. The van der Waals surface area contributed by atoms with E-state index in [-0.39, 0.29) is 30.8 Å². The molecule has 0 radical (unpaired) electrons. The molecule has 0 aliphatic rings. The monoisotopic (exact) mass is 377 g/mol. The number of hydrogen-bond acceptors (Lipinski definition) is 5. The van der Waals surface area contributed by atoms with Gasteiger partial charge in [0, 0.05) is 5.69 Å². The maximum atomic E-state index is 12.3. The van der Waals surface area contributed by atoms with E-state index in [1.807, 2.05) is 45.9 Å². The molecule has 7 nitrogen and oxygen atoms in total. The predicted octanol–water partition coefficient (Wildman–Crippen LogP) is 1.88. The topological polar surface area (TPSA) is 87.7 Å². The number of likely N-dealkylation sites (N-methyl/N-ethyl adjacent to an activating group) is 1. The number of carbonyl (C=O) groups excluding carboxylic acids is 3. The van der Waals surface area contributed by atoms with Crippen LogP contribution in [0.5, 0.6) is 0 Å². The van der Waals surface area contributed by atoms with Gasteiger partial charge in [0.15, 0.2) is 0 Å². The third-order valence-electron chi connectivity index (χ3n) is 4.10. The van der Waals surface area contributed by atoms with Gasteiger partial charge in [-0.3, -0.25) is 14.5 Å². The van der Waals surface area contributed by atoms with Crippen molar-refractivity contribution < 1.29 is 19.1 Å². The highest BCUT2D eigenvalue weighted by Crippen LogP contribution is 2.19. The molecule has 2 N–H and O–H groups in total. The Morgan fingerprint density at radius 3 is 2.15 bits per heavy atom. The first-order valence-corrected chi connectivity index (χ1v) is 9.05. The first-order valence-electron chi connectivity index (χ1n) is 9.05. The molecule has 2 amide bonds. The molecule has 0 saturated heterocycles. The summed E-state index contributed by atoms with van der Waals surface area (Å²) in [4.78, 5) is 37.9. The van der Waals surface area contributed by atoms with E-state index in [2.05, 4.69) is 10.6 Å². The number of anilines is 1. The van der Waals surface area contributed by atoms with Crippen molar-refractivity contribution >= 4 is 23.5 Å². The zero-order valence-electron chi connectivity index (χ0n) is 17.1. The molecule has 0 fully saturated rings. The van der Waals surface area contributed by atoms with Gasteiger partial charge in [-0.1, -0.05) is 32.0 Å². The fourth-order valence-electron chi connectivity index (χ4n) is 2.80. The van der Waals surface area contributed by atoms with Crippen molar-refractivity contribution in [3.05, 3.63) is 29.3 Å². The van der Waals surface area contributed by atoms with Crippen LogP contribution in [-0.2, 0) is 19.1 Å². The van der Waals surface area contributed by atoms with Crippen LogP contribution >= 0.6 is 0 Å². The first-order chi connectivity index (χ1) is 12.6. The van der Waals surface area contributed by atoms with E-state index in [4.69, 9.17) is 4.74 Å². The SMILES string of the molecule is COC(=O)[C@H](CC(C)C)NC(=O)CN(C)CC(=O)Nc1c(C)cccc1C. The Hall–Kier alpha value is -2.41. The normalized spacial score (nSPS) is 12.0. The fourth-order valence-corrected chi connectivity index (χ4v) is 2.80. The van der Waals surface area contributed by atoms with Gasteiger partial charge in [-0.15, -0.1) is 0 Å². The van der Waals surface area contributed by atoms with Crippen LogP contribution in [0.1, 0.15) is 31.4 Å². The number of amides is 2. The molecule has 0 aliphatic heterocycles. The van der Waals surface area contributed by atoms with Crippen LogP contribution in [0.2, 0.25) is 0 Å². The summed E-state index contributed by atoms with van der Waals surface area (Å²) >= 11 is 0. The molecule has 0 aromatic heterocycles. The number of esters is 1. The summed E-state index contributed by atoms with van der Waals surface area (Å²) < 4.78 is 4.74. The molecule has 1 rings (SSSR count). The molecule has 0 bridgehead atoms. The van der Waals surface area contributed by atoms with Crippen molar-refractivity contribution in [2.75, 3.05) is 32.6 Å². The van der Waals surface area contributed by atoms with E-state index in [1.54, 1.807) is 11.9 Å². The molecular weight excluding hydrogens is 346 g/mol. The standard InChI is InChI=1S/C20H31N3O4/c1-13(2)10-16(20(26)27-6)21-17(24)11-23(5)12-18(25)22-19-14(3)8-7-9-15(19)4/h7-9,13,16H,10-12H2,1-6H3,(H,21,24)(H,22,25)/t16-/m0/s1. The van der Waals surface area contributed by atoms with E-state index >= 15 is 0 Å². The Kier molecular flexibility index (Phi) is 8.94. The first kappa shape index (κ1) is 22.6. The van der Waals surface area contributed by atoms with Crippen LogP contribution in [0, 0.1) is 19.8 Å². The van der Waals surface area contributed by atoms with Gasteiger partial charge in [0.2, 0.25) is 11.8 Å². The predicted molar refractivity (Wildman–Crippen MR) is 105 cm³/mol. The number of methoxy groups -OCH3 is 1. The van der Waals surface area contributed by atoms with Gasteiger partial charge >= 0.3 is 5.97 Å². The average Bonchev–Trinajstić information content (AvgIpc) is 2.56. The maximum Gasteiger partial charge on any atom is 0.328 e. The minimum atomic E-state index is -0.681. The van der Waals surface area contributed by atoms with Crippen molar-refractivity contribution in [1.29, 1.82) is 0 Å². The number of carbonyl (C=O) groups is 3. The van der Waals surface area contributed by atoms with Gasteiger partial charge in [-0.05, 0) is 44.4 Å². The van der Waals surface area contributed by atoms with Gasteiger partial charge in [-0.25, -0.2) is 4.79 Å². The van der Waals surface area contributed by atoms with E-state index < -0.39 is 12.0 Å². The summed E-state index contributed by atoms with van der Waals surface area (Å²) in [5.41, 5.74) is 2.76. The van der Waals surface area contributed by atoms with Crippen LogP contribution in [0.15, 0.2) is 18.2 Å². The number of benzene rings is 1. The Morgan fingerprint density at radius 1 is 1.07 bits per heavy atom. The molecule has 150 valence electrons. The molecule has 0 spiro atoms. The summed E-state index contributed by atoms with van der Waals surface area (Å²) in [6, 6.07) is 5.12. The van der Waals surface area contributed by atoms with E-state index in [0.29, 0.717) is 6.42 Å². The third kappa shape index (κ3) is 7.78. The quantitative estimate of drug-likeness (QED) is 0.642. The molecule has 0 aliphatic carbocycles. The fraction of sp³-hybridized carbons (Fsp3) is 0.550. The number of rotatable bonds is 9. The van der Waals surface area contributed by atoms with Gasteiger partial charge < -0.3 is 15.4 Å². The van der Waals surface area contributed by atoms with Crippen LogP contribution in [0.3, 0.4) is 0 Å². The molecular formula is C20H31N3O4.